The number of aliphatic hydroxyl groups is 1. The van der Waals surface area contributed by atoms with E-state index in [2.05, 4.69) is 61.0 Å². The summed E-state index contributed by atoms with van der Waals surface area (Å²) in [4.78, 5) is 5.24. The molecule has 162 valence electrons. The van der Waals surface area contributed by atoms with Gasteiger partial charge in [0.25, 0.3) is 0 Å². The number of aromatic nitrogens is 3. The van der Waals surface area contributed by atoms with Crippen LogP contribution in [-0.2, 0) is 13.2 Å². The minimum atomic E-state index is 0.0616. The van der Waals surface area contributed by atoms with E-state index in [1.165, 1.54) is 43.5 Å². The Hall–Kier alpha value is -2.54. The molecule has 0 saturated carbocycles. The van der Waals surface area contributed by atoms with Crippen LogP contribution < -0.4 is 0 Å². The zero-order valence-electron chi connectivity index (χ0n) is 18.0. The van der Waals surface area contributed by atoms with Crippen LogP contribution in [0.5, 0.6) is 0 Å². The number of hydrogen-bond donors (Lipinski definition) is 1. The first-order valence-corrected chi connectivity index (χ1v) is 11.4. The van der Waals surface area contributed by atoms with Gasteiger partial charge in [0.05, 0.1) is 19.2 Å². The van der Waals surface area contributed by atoms with Crippen LogP contribution in [0.2, 0.25) is 0 Å². The summed E-state index contributed by atoms with van der Waals surface area (Å²) in [6.07, 6.45) is 5.71. The maximum Gasteiger partial charge on any atom is 0.155 e. The maximum atomic E-state index is 9.48. The quantitative estimate of drug-likeness (QED) is 0.640. The SMILES string of the molecule is OCc1ccc(C(c2nncn2Cc2ccccc2)N2CC[C@H](N3CCCC3)C2)cc1. The molecule has 1 unspecified atom stereocenters. The van der Waals surface area contributed by atoms with Gasteiger partial charge in [-0.2, -0.15) is 0 Å². The van der Waals surface area contributed by atoms with Crippen LogP contribution in [0.1, 0.15) is 47.8 Å². The Bertz CT molecular complexity index is 965. The van der Waals surface area contributed by atoms with Crippen molar-refractivity contribution in [2.45, 2.75) is 44.5 Å². The fourth-order valence-electron chi connectivity index (χ4n) is 5.11. The molecule has 6 heteroatoms. The highest BCUT2D eigenvalue weighted by molar-refractivity contribution is 5.29. The van der Waals surface area contributed by atoms with Gasteiger partial charge in [-0.1, -0.05) is 54.6 Å². The van der Waals surface area contributed by atoms with Gasteiger partial charge in [0, 0.05) is 19.1 Å². The van der Waals surface area contributed by atoms with E-state index in [1.54, 1.807) is 0 Å². The minimum Gasteiger partial charge on any atom is -0.392 e. The first-order chi connectivity index (χ1) is 15.3. The van der Waals surface area contributed by atoms with Crippen molar-refractivity contribution in [1.29, 1.82) is 0 Å². The Kier molecular flexibility index (Phi) is 6.11. The average molecular weight is 418 g/mol. The number of likely N-dealkylation sites (tertiary alicyclic amines) is 2. The van der Waals surface area contributed by atoms with Crippen molar-refractivity contribution in [2.75, 3.05) is 26.2 Å². The van der Waals surface area contributed by atoms with Crippen molar-refractivity contribution >= 4 is 0 Å². The van der Waals surface area contributed by atoms with E-state index in [9.17, 15) is 5.11 Å². The molecule has 31 heavy (non-hydrogen) atoms. The summed E-state index contributed by atoms with van der Waals surface area (Å²) < 4.78 is 2.18. The van der Waals surface area contributed by atoms with E-state index in [0.29, 0.717) is 6.04 Å². The third kappa shape index (κ3) is 4.42. The van der Waals surface area contributed by atoms with Gasteiger partial charge in [-0.15, -0.1) is 10.2 Å². The van der Waals surface area contributed by atoms with Gasteiger partial charge in [-0.25, -0.2) is 0 Å². The van der Waals surface area contributed by atoms with Crippen LogP contribution >= 0.6 is 0 Å². The summed E-state index contributed by atoms with van der Waals surface area (Å²) in [5.41, 5.74) is 3.39. The summed E-state index contributed by atoms with van der Waals surface area (Å²) in [5, 5.41) is 18.4. The molecule has 2 atom stereocenters. The highest BCUT2D eigenvalue weighted by Gasteiger charge is 2.36. The highest BCUT2D eigenvalue weighted by atomic mass is 16.3. The van der Waals surface area contributed by atoms with E-state index in [-0.39, 0.29) is 12.6 Å². The topological polar surface area (TPSA) is 57.4 Å². The molecule has 3 heterocycles. The van der Waals surface area contributed by atoms with Crippen LogP contribution in [-0.4, -0.2) is 61.9 Å². The fraction of sp³-hybridized carbons (Fsp3) is 0.440. The summed E-state index contributed by atoms with van der Waals surface area (Å²) >= 11 is 0. The second-order valence-electron chi connectivity index (χ2n) is 8.79. The lowest BCUT2D eigenvalue weighted by Crippen LogP contribution is -2.37. The Labute approximate surface area is 184 Å². The van der Waals surface area contributed by atoms with E-state index < -0.39 is 0 Å². The lowest BCUT2D eigenvalue weighted by molar-refractivity contribution is 0.210. The number of benzene rings is 2. The molecule has 6 nitrogen and oxygen atoms in total. The second kappa shape index (κ2) is 9.30. The minimum absolute atomic E-state index is 0.0616. The van der Waals surface area contributed by atoms with Gasteiger partial charge in [0.2, 0.25) is 0 Å². The monoisotopic (exact) mass is 417 g/mol. The Balaban J connectivity index is 1.45. The molecule has 0 spiro atoms. The molecule has 0 amide bonds. The third-order valence-corrected chi connectivity index (χ3v) is 6.78. The van der Waals surface area contributed by atoms with Gasteiger partial charge in [-0.05, 0) is 49.0 Å². The first-order valence-electron chi connectivity index (χ1n) is 11.4. The summed E-state index contributed by atoms with van der Waals surface area (Å²) in [6.45, 7) is 5.42. The highest BCUT2D eigenvalue weighted by Crippen LogP contribution is 2.33. The molecule has 2 fully saturated rings. The van der Waals surface area contributed by atoms with Crippen molar-refractivity contribution in [2.24, 2.45) is 0 Å². The van der Waals surface area contributed by atoms with Crippen molar-refractivity contribution in [3.05, 3.63) is 83.4 Å². The van der Waals surface area contributed by atoms with E-state index >= 15 is 0 Å². The molecule has 2 saturated heterocycles. The van der Waals surface area contributed by atoms with Crippen LogP contribution in [0.25, 0.3) is 0 Å². The predicted molar refractivity (Wildman–Crippen MR) is 121 cm³/mol. The van der Waals surface area contributed by atoms with E-state index in [4.69, 9.17) is 0 Å². The Morgan fingerprint density at radius 3 is 2.45 bits per heavy atom. The van der Waals surface area contributed by atoms with Crippen molar-refractivity contribution in [3.8, 4) is 0 Å². The zero-order chi connectivity index (χ0) is 21.0. The summed E-state index contributed by atoms with van der Waals surface area (Å²) in [7, 11) is 0. The number of aliphatic hydroxyl groups excluding tert-OH is 1. The summed E-state index contributed by atoms with van der Waals surface area (Å²) in [5.74, 6) is 0.989. The zero-order valence-corrected chi connectivity index (χ0v) is 18.0. The molecule has 0 aliphatic carbocycles. The molecule has 2 aromatic carbocycles. The lowest BCUT2D eigenvalue weighted by Gasteiger charge is -2.29. The Morgan fingerprint density at radius 2 is 1.71 bits per heavy atom. The second-order valence-corrected chi connectivity index (χ2v) is 8.79. The molecule has 0 bridgehead atoms. The molecular formula is C25H31N5O. The summed E-state index contributed by atoms with van der Waals surface area (Å²) in [6, 6.07) is 19.5. The molecule has 1 aromatic heterocycles. The van der Waals surface area contributed by atoms with Crippen LogP contribution in [0.15, 0.2) is 60.9 Å². The van der Waals surface area contributed by atoms with Crippen LogP contribution in [0, 0.1) is 0 Å². The van der Waals surface area contributed by atoms with Crippen molar-refractivity contribution < 1.29 is 5.11 Å². The van der Waals surface area contributed by atoms with Gasteiger partial charge >= 0.3 is 0 Å². The number of rotatable bonds is 7. The third-order valence-electron chi connectivity index (χ3n) is 6.78. The van der Waals surface area contributed by atoms with Crippen LogP contribution in [0.3, 0.4) is 0 Å². The smallest absolute Gasteiger partial charge is 0.155 e. The molecule has 3 aromatic rings. The largest absolute Gasteiger partial charge is 0.392 e. The molecular weight excluding hydrogens is 386 g/mol. The average Bonchev–Trinajstić information content (AvgIpc) is 3.58. The Morgan fingerprint density at radius 1 is 0.935 bits per heavy atom. The lowest BCUT2D eigenvalue weighted by atomic mass is 10.0. The normalized spacial score (nSPS) is 21.0. The van der Waals surface area contributed by atoms with E-state index in [0.717, 1.165) is 31.0 Å². The number of hydrogen-bond acceptors (Lipinski definition) is 5. The fourth-order valence-corrected chi connectivity index (χ4v) is 5.11. The molecule has 1 N–H and O–H groups in total. The maximum absolute atomic E-state index is 9.48. The predicted octanol–water partition coefficient (Wildman–Crippen LogP) is 3.08. The number of nitrogens with zero attached hydrogens (tertiary/aromatic N) is 5. The van der Waals surface area contributed by atoms with Gasteiger partial charge in [-0.3, -0.25) is 9.80 Å². The molecule has 5 rings (SSSR count). The molecule has 2 aliphatic heterocycles. The molecule has 0 radical (unpaired) electrons. The van der Waals surface area contributed by atoms with Crippen molar-refractivity contribution in [3.63, 3.8) is 0 Å². The van der Waals surface area contributed by atoms with Gasteiger partial charge in [0.1, 0.15) is 6.33 Å². The van der Waals surface area contributed by atoms with Crippen molar-refractivity contribution in [1.82, 2.24) is 24.6 Å². The first kappa shape index (κ1) is 20.4. The van der Waals surface area contributed by atoms with Crippen LogP contribution in [0.4, 0.5) is 0 Å². The molecule has 2 aliphatic rings. The van der Waals surface area contributed by atoms with E-state index in [1.807, 2.05) is 24.5 Å². The standard InChI is InChI=1S/C25H31N5O/c31-18-21-8-10-22(11-9-21)24(29-15-12-23(17-29)28-13-4-5-14-28)25-27-26-19-30(25)16-20-6-2-1-3-7-20/h1-3,6-11,19,23-24,31H,4-5,12-18H2/t23-,24?/m0/s1. The van der Waals surface area contributed by atoms with Gasteiger partial charge < -0.3 is 9.67 Å². The van der Waals surface area contributed by atoms with Gasteiger partial charge in [0.15, 0.2) is 5.82 Å².